The van der Waals surface area contributed by atoms with Gasteiger partial charge in [0.1, 0.15) is 12.6 Å². The van der Waals surface area contributed by atoms with Gasteiger partial charge in [-0.1, -0.05) is 65.1 Å². The Morgan fingerprint density at radius 3 is 2.24 bits per heavy atom. The van der Waals surface area contributed by atoms with E-state index in [9.17, 15) is 18.0 Å². The summed E-state index contributed by atoms with van der Waals surface area (Å²) in [5.41, 5.74) is 0.837. The van der Waals surface area contributed by atoms with Crippen LogP contribution < -0.4 is 9.62 Å². The molecule has 0 aliphatic rings. The molecule has 196 valence electrons. The highest BCUT2D eigenvalue weighted by molar-refractivity contribution is 7.92. The molecule has 1 atom stereocenters. The Morgan fingerprint density at radius 1 is 0.919 bits per heavy atom. The standard InChI is InChI=1S/C26H26Cl3N3O4S/c1-3-30-26(34)18(2)31(16-19-12-13-23(28)24(29)14-19)25(33)17-32(21-9-7-8-20(27)15-21)37(35,36)22-10-5-4-6-11-22/h4-15,18H,3,16-17H2,1-2H3,(H,30,34). The van der Waals surface area contributed by atoms with E-state index in [0.717, 1.165) is 4.31 Å². The molecule has 3 rings (SSSR count). The molecule has 11 heteroatoms. The van der Waals surface area contributed by atoms with Crippen molar-refractivity contribution in [3.8, 4) is 0 Å². The smallest absolute Gasteiger partial charge is 0.264 e. The molecule has 3 aromatic carbocycles. The summed E-state index contributed by atoms with van der Waals surface area (Å²) < 4.78 is 28.3. The zero-order valence-corrected chi connectivity index (χ0v) is 23.3. The largest absolute Gasteiger partial charge is 0.355 e. The Bertz CT molecular complexity index is 1370. The molecule has 1 N–H and O–H groups in total. The monoisotopic (exact) mass is 581 g/mol. The average Bonchev–Trinajstić information content (AvgIpc) is 2.87. The highest BCUT2D eigenvalue weighted by atomic mass is 35.5. The lowest BCUT2D eigenvalue weighted by Gasteiger charge is -2.32. The number of sulfonamides is 1. The number of nitrogens with zero attached hydrogens (tertiary/aromatic N) is 2. The molecule has 0 aliphatic carbocycles. The summed E-state index contributed by atoms with van der Waals surface area (Å²) in [6.45, 7) is 3.15. The van der Waals surface area contributed by atoms with Crippen molar-refractivity contribution < 1.29 is 18.0 Å². The quantitative estimate of drug-likeness (QED) is 0.347. The lowest BCUT2D eigenvalue weighted by Crippen LogP contribution is -2.51. The number of nitrogens with one attached hydrogen (secondary N) is 1. The van der Waals surface area contributed by atoms with E-state index in [2.05, 4.69) is 5.32 Å². The summed E-state index contributed by atoms with van der Waals surface area (Å²) in [5.74, 6) is -0.972. The lowest BCUT2D eigenvalue weighted by atomic mass is 10.1. The minimum atomic E-state index is -4.15. The van der Waals surface area contributed by atoms with E-state index in [4.69, 9.17) is 34.8 Å². The van der Waals surface area contributed by atoms with E-state index in [0.29, 0.717) is 27.2 Å². The molecule has 7 nitrogen and oxygen atoms in total. The van der Waals surface area contributed by atoms with Gasteiger partial charge < -0.3 is 10.2 Å². The number of rotatable bonds is 10. The molecule has 0 spiro atoms. The third kappa shape index (κ3) is 7.17. The summed E-state index contributed by atoms with van der Waals surface area (Å²) in [6, 6.07) is 18.0. The Kier molecular flexibility index (Phi) is 9.84. The molecular weight excluding hydrogens is 557 g/mol. The average molecular weight is 583 g/mol. The summed E-state index contributed by atoms with van der Waals surface area (Å²) in [4.78, 5) is 27.8. The number of halogens is 3. The maximum Gasteiger partial charge on any atom is 0.264 e. The number of anilines is 1. The summed E-state index contributed by atoms with van der Waals surface area (Å²) >= 11 is 18.3. The molecule has 0 bridgehead atoms. The van der Waals surface area contributed by atoms with Gasteiger partial charge in [0, 0.05) is 18.1 Å². The maximum atomic E-state index is 13.7. The van der Waals surface area contributed by atoms with Crippen LogP contribution in [0.3, 0.4) is 0 Å². The molecule has 0 heterocycles. The first kappa shape index (κ1) is 28.8. The van der Waals surface area contributed by atoms with Crippen LogP contribution in [0.25, 0.3) is 0 Å². The fourth-order valence-electron chi connectivity index (χ4n) is 3.62. The second kappa shape index (κ2) is 12.6. The van der Waals surface area contributed by atoms with Crippen LogP contribution in [0.1, 0.15) is 19.4 Å². The van der Waals surface area contributed by atoms with Gasteiger partial charge in [-0.3, -0.25) is 13.9 Å². The van der Waals surface area contributed by atoms with E-state index < -0.39 is 28.5 Å². The Hall–Kier alpha value is -2.78. The predicted octanol–water partition coefficient (Wildman–Crippen LogP) is 5.40. The van der Waals surface area contributed by atoms with E-state index in [1.54, 1.807) is 68.4 Å². The number of amides is 2. The molecular formula is C26H26Cl3N3O4S. The van der Waals surface area contributed by atoms with Crippen molar-refractivity contribution in [1.82, 2.24) is 10.2 Å². The SMILES string of the molecule is CCNC(=O)C(C)N(Cc1ccc(Cl)c(Cl)c1)C(=O)CN(c1cccc(Cl)c1)S(=O)(=O)c1ccccc1. The molecule has 1 unspecified atom stereocenters. The van der Waals surface area contributed by atoms with Gasteiger partial charge in [0.15, 0.2) is 0 Å². The van der Waals surface area contributed by atoms with Crippen LogP contribution >= 0.6 is 34.8 Å². The van der Waals surface area contributed by atoms with Crippen molar-refractivity contribution in [3.05, 3.63) is 93.4 Å². The fraction of sp³-hybridized carbons (Fsp3) is 0.231. The zero-order valence-electron chi connectivity index (χ0n) is 20.2. The molecule has 0 aromatic heterocycles. The lowest BCUT2D eigenvalue weighted by molar-refractivity contribution is -0.139. The molecule has 3 aromatic rings. The van der Waals surface area contributed by atoms with Gasteiger partial charge in [-0.05, 0) is 61.9 Å². The van der Waals surface area contributed by atoms with E-state index in [1.165, 1.54) is 23.1 Å². The van der Waals surface area contributed by atoms with Crippen molar-refractivity contribution in [2.75, 3.05) is 17.4 Å². The minimum Gasteiger partial charge on any atom is -0.355 e. The van der Waals surface area contributed by atoms with Crippen molar-refractivity contribution in [2.24, 2.45) is 0 Å². The highest BCUT2D eigenvalue weighted by Crippen LogP contribution is 2.27. The second-order valence-corrected chi connectivity index (χ2v) is 11.3. The number of likely N-dealkylation sites (N-methyl/N-ethyl adjacent to an activating group) is 1. The summed E-state index contributed by atoms with van der Waals surface area (Å²) in [7, 11) is -4.15. The van der Waals surface area contributed by atoms with Crippen molar-refractivity contribution in [1.29, 1.82) is 0 Å². The van der Waals surface area contributed by atoms with E-state index >= 15 is 0 Å². The van der Waals surface area contributed by atoms with Gasteiger partial charge >= 0.3 is 0 Å². The first-order valence-corrected chi connectivity index (χ1v) is 14.0. The zero-order chi connectivity index (χ0) is 27.2. The van der Waals surface area contributed by atoms with Gasteiger partial charge in [-0.25, -0.2) is 8.42 Å². The van der Waals surface area contributed by atoms with Crippen LogP contribution in [0.2, 0.25) is 15.1 Å². The van der Waals surface area contributed by atoms with Gasteiger partial charge in [-0.2, -0.15) is 0 Å². The maximum absolute atomic E-state index is 13.7. The molecule has 0 aliphatic heterocycles. The summed E-state index contributed by atoms with van der Waals surface area (Å²) in [5, 5.41) is 3.66. The third-order valence-electron chi connectivity index (χ3n) is 5.56. The number of carbonyl (C=O) groups is 2. The van der Waals surface area contributed by atoms with Gasteiger partial charge in [0.2, 0.25) is 11.8 Å². The van der Waals surface area contributed by atoms with Gasteiger partial charge in [0.05, 0.1) is 20.6 Å². The minimum absolute atomic E-state index is 0.00277. The normalized spacial score (nSPS) is 12.0. The molecule has 0 fully saturated rings. The number of benzene rings is 3. The fourth-order valence-corrected chi connectivity index (χ4v) is 5.55. The van der Waals surface area contributed by atoms with Crippen LogP contribution in [0.5, 0.6) is 0 Å². The van der Waals surface area contributed by atoms with E-state index in [-0.39, 0.29) is 23.0 Å². The van der Waals surface area contributed by atoms with Gasteiger partial charge in [-0.15, -0.1) is 0 Å². The Morgan fingerprint density at radius 2 is 1.62 bits per heavy atom. The number of hydrogen-bond acceptors (Lipinski definition) is 4. The molecule has 2 amide bonds. The Balaban J connectivity index is 2.03. The van der Waals surface area contributed by atoms with Crippen LogP contribution in [0.4, 0.5) is 5.69 Å². The van der Waals surface area contributed by atoms with Crippen LogP contribution in [0, 0.1) is 0 Å². The third-order valence-corrected chi connectivity index (χ3v) is 8.32. The predicted molar refractivity (Wildman–Crippen MR) is 148 cm³/mol. The second-order valence-electron chi connectivity index (χ2n) is 8.15. The van der Waals surface area contributed by atoms with Crippen LogP contribution in [-0.4, -0.2) is 44.3 Å². The highest BCUT2D eigenvalue weighted by Gasteiger charge is 2.32. The molecule has 0 radical (unpaired) electrons. The van der Waals surface area contributed by atoms with E-state index in [1.807, 2.05) is 0 Å². The number of carbonyl (C=O) groups excluding carboxylic acids is 2. The van der Waals surface area contributed by atoms with Gasteiger partial charge in [0.25, 0.3) is 10.0 Å². The Labute approximate surface area is 232 Å². The van der Waals surface area contributed by atoms with Crippen molar-refractivity contribution in [2.45, 2.75) is 31.3 Å². The molecule has 0 saturated heterocycles. The summed E-state index contributed by atoms with van der Waals surface area (Å²) in [6.07, 6.45) is 0. The topological polar surface area (TPSA) is 86.8 Å². The van der Waals surface area contributed by atoms with Crippen molar-refractivity contribution >= 4 is 62.3 Å². The molecule has 0 saturated carbocycles. The van der Waals surface area contributed by atoms with Crippen LogP contribution in [-0.2, 0) is 26.2 Å². The first-order valence-electron chi connectivity index (χ1n) is 11.4. The van der Waals surface area contributed by atoms with Crippen LogP contribution in [0.15, 0.2) is 77.7 Å². The molecule has 37 heavy (non-hydrogen) atoms. The number of hydrogen-bond donors (Lipinski definition) is 1. The van der Waals surface area contributed by atoms with Crippen molar-refractivity contribution in [3.63, 3.8) is 0 Å². The first-order chi connectivity index (χ1) is 17.5.